The van der Waals surface area contributed by atoms with Crippen LogP contribution in [0.4, 0.5) is 5.69 Å². The van der Waals surface area contributed by atoms with Crippen LogP contribution in [-0.4, -0.2) is 25.3 Å². The minimum absolute atomic E-state index is 0.192. The standard InChI is InChI=1S/C11H17N3O2S/c1-2-14(10-5-6-10)17(15,16)11-7-3-9(13-12)4-8-11/h3-4,7-8,10,13H,2,5-6,12H2,1H3. The minimum Gasteiger partial charge on any atom is -0.324 e. The van der Waals surface area contributed by atoms with Crippen molar-refractivity contribution in [2.75, 3.05) is 12.0 Å². The van der Waals surface area contributed by atoms with Crippen molar-refractivity contribution >= 4 is 15.7 Å². The minimum atomic E-state index is -3.35. The summed E-state index contributed by atoms with van der Waals surface area (Å²) in [5, 5.41) is 0. The Morgan fingerprint density at radius 3 is 2.35 bits per heavy atom. The van der Waals surface area contributed by atoms with Gasteiger partial charge in [0.25, 0.3) is 0 Å². The van der Waals surface area contributed by atoms with Gasteiger partial charge in [0.2, 0.25) is 10.0 Å². The van der Waals surface area contributed by atoms with Gasteiger partial charge >= 0.3 is 0 Å². The van der Waals surface area contributed by atoms with Crippen molar-refractivity contribution < 1.29 is 8.42 Å². The molecule has 0 atom stereocenters. The molecule has 94 valence electrons. The first kappa shape index (κ1) is 12.3. The lowest BCUT2D eigenvalue weighted by molar-refractivity contribution is 0.421. The maximum Gasteiger partial charge on any atom is 0.243 e. The van der Waals surface area contributed by atoms with Gasteiger partial charge in [-0.2, -0.15) is 4.31 Å². The predicted octanol–water partition coefficient (Wildman–Crippen LogP) is 1.15. The number of nitrogens with two attached hydrogens (primary N) is 1. The molecule has 0 heterocycles. The highest BCUT2D eigenvalue weighted by Crippen LogP contribution is 2.31. The number of sulfonamides is 1. The van der Waals surface area contributed by atoms with Gasteiger partial charge in [0.05, 0.1) is 4.90 Å². The van der Waals surface area contributed by atoms with Crippen molar-refractivity contribution in [2.45, 2.75) is 30.7 Å². The molecule has 0 aliphatic heterocycles. The molecule has 0 unspecified atom stereocenters. The van der Waals surface area contributed by atoms with Crippen LogP contribution in [0.25, 0.3) is 0 Å². The Morgan fingerprint density at radius 2 is 1.94 bits per heavy atom. The monoisotopic (exact) mass is 255 g/mol. The normalized spacial score (nSPS) is 16.2. The maximum atomic E-state index is 12.3. The number of rotatable bonds is 5. The Labute approximate surface area is 102 Å². The third-order valence-electron chi connectivity index (χ3n) is 2.89. The third kappa shape index (κ3) is 2.43. The second-order valence-electron chi connectivity index (χ2n) is 4.11. The van der Waals surface area contributed by atoms with E-state index < -0.39 is 10.0 Å². The Morgan fingerprint density at radius 1 is 1.35 bits per heavy atom. The van der Waals surface area contributed by atoms with Crippen LogP contribution in [-0.2, 0) is 10.0 Å². The molecular weight excluding hydrogens is 238 g/mol. The first-order valence-electron chi connectivity index (χ1n) is 5.68. The maximum absolute atomic E-state index is 12.3. The number of nitrogens with one attached hydrogen (secondary N) is 1. The summed E-state index contributed by atoms with van der Waals surface area (Å²) in [5.74, 6) is 5.24. The molecule has 1 aromatic carbocycles. The fraction of sp³-hybridized carbons (Fsp3) is 0.455. The first-order valence-corrected chi connectivity index (χ1v) is 7.12. The molecule has 2 rings (SSSR count). The summed E-state index contributed by atoms with van der Waals surface area (Å²) in [6.45, 7) is 2.38. The predicted molar refractivity (Wildman–Crippen MR) is 66.8 cm³/mol. The van der Waals surface area contributed by atoms with E-state index in [1.54, 1.807) is 28.6 Å². The Balaban J connectivity index is 2.29. The Bertz CT molecular complexity index is 480. The number of hydrogen-bond donors (Lipinski definition) is 2. The van der Waals surface area contributed by atoms with Crippen LogP contribution in [0.1, 0.15) is 19.8 Å². The van der Waals surface area contributed by atoms with Crippen LogP contribution in [0, 0.1) is 0 Å². The Kier molecular flexibility index (Phi) is 3.37. The van der Waals surface area contributed by atoms with E-state index in [1.807, 2.05) is 6.92 Å². The van der Waals surface area contributed by atoms with Gasteiger partial charge in [-0.05, 0) is 37.1 Å². The number of hydrogen-bond acceptors (Lipinski definition) is 4. The van der Waals surface area contributed by atoms with Crippen molar-refractivity contribution in [3.63, 3.8) is 0 Å². The van der Waals surface area contributed by atoms with Crippen LogP contribution >= 0.6 is 0 Å². The van der Waals surface area contributed by atoms with E-state index >= 15 is 0 Å². The number of benzene rings is 1. The molecule has 17 heavy (non-hydrogen) atoms. The van der Waals surface area contributed by atoms with Gasteiger partial charge in [-0.1, -0.05) is 6.92 Å². The average molecular weight is 255 g/mol. The van der Waals surface area contributed by atoms with Crippen molar-refractivity contribution in [2.24, 2.45) is 5.84 Å². The first-order chi connectivity index (χ1) is 8.09. The molecule has 6 heteroatoms. The topological polar surface area (TPSA) is 75.4 Å². The van der Waals surface area contributed by atoms with E-state index in [-0.39, 0.29) is 6.04 Å². The summed E-state index contributed by atoms with van der Waals surface area (Å²) in [4.78, 5) is 0.324. The van der Waals surface area contributed by atoms with Crippen LogP contribution in [0.5, 0.6) is 0 Å². The second-order valence-corrected chi connectivity index (χ2v) is 6.00. The van der Waals surface area contributed by atoms with Crippen LogP contribution in [0.3, 0.4) is 0 Å². The van der Waals surface area contributed by atoms with E-state index in [0.29, 0.717) is 17.1 Å². The highest BCUT2D eigenvalue weighted by Gasteiger charge is 2.36. The molecule has 1 aromatic rings. The van der Waals surface area contributed by atoms with Crippen molar-refractivity contribution in [3.05, 3.63) is 24.3 Å². The van der Waals surface area contributed by atoms with Gasteiger partial charge in [-0.3, -0.25) is 5.84 Å². The number of anilines is 1. The molecule has 0 amide bonds. The molecule has 1 fully saturated rings. The van der Waals surface area contributed by atoms with Crippen molar-refractivity contribution in [1.29, 1.82) is 0 Å². The number of hydrazine groups is 1. The molecule has 1 aliphatic rings. The van der Waals surface area contributed by atoms with Gasteiger partial charge in [-0.25, -0.2) is 8.42 Å². The summed E-state index contributed by atoms with van der Waals surface area (Å²) >= 11 is 0. The largest absolute Gasteiger partial charge is 0.324 e. The SMILES string of the molecule is CCN(C1CC1)S(=O)(=O)c1ccc(NN)cc1. The zero-order chi connectivity index (χ0) is 12.5. The zero-order valence-corrected chi connectivity index (χ0v) is 10.6. The summed E-state index contributed by atoms with van der Waals surface area (Å²) in [7, 11) is -3.35. The highest BCUT2D eigenvalue weighted by molar-refractivity contribution is 7.89. The number of nitrogen functional groups attached to an aromatic ring is 1. The quantitative estimate of drug-likeness (QED) is 0.611. The third-order valence-corrected chi connectivity index (χ3v) is 4.94. The molecule has 1 saturated carbocycles. The highest BCUT2D eigenvalue weighted by atomic mass is 32.2. The summed E-state index contributed by atoms with van der Waals surface area (Å²) in [6, 6.07) is 6.67. The summed E-state index contributed by atoms with van der Waals surface area (Å²) in [5.41, 5.74) is 3.17. The summed E-state index contributed by atoms with van der Waals surface area (Å²) < 4.78 is 26.2. The molecule has 0 aromatic heterocycles. The van der Waals surface area contributed by atoms with Gasteiger partial charge in [0.15, 0.2) is 0 Å². The smallest absolute Gasteiger partial charge is 0.243 e. The van der Waals surface area contributed by atoms with Crippen molar-refractivity contribution in [3.8, 4) is 0 Å². The second kappa shape index (κ2) is 4.64. The molecule has 0 radical (unpaired) electrons. The molecule has 3 N–H and O–H groups in total. The fourth-order valence-electron chi connectivity index (χ4n) is 1.85. The molecular formula is C11H17N3O2S. The lowest BCUT2D eigenvalue weighted by Crippen LogP contribution is -2.32. The van der Waals surface area contributed by atoms with Crippen LogP contribution in [0.2, 0.25) is 0 Å². The van der Waals surface area contributed by atoms with Gasteiger partial charge in [0, 0.05) is 18.3 Å². The van der Waals surface area contributed by atoms with Crippen LogP contribution < -0.4 is 11.3 Å². The van der Waals surface area contributed by atoms with E-state index in [4.69, 9.17) is 5.84 Å². The average Bonchev–Trinajstić information content (AvgIpc) is 3.14. The van der Waals surface area contributed by atoms with E-state index in [1.165, 1.54) is 0 Å². The van der Waals surface area contributed by atoms with Gasteiger partial charge < -0.3 is 5.43 Å². The molecule has 0 bridgehead atoms. The van der Waals surface area contributed by atoms with Crippen LogP contribution in [0.15, 0.2) is 29.2 Å². The Hall–Kier alpha value is -1.11. The molecule has 1 aliphatic carbocycles. The summed E-state index contributed by atoms with van der Waals surface area (Å²) in [6.07, 6.45) is 1.94. The molecule has 0 saturated heterocycles. The van der Waals surface area contributed by atoms with E-state index in [9.17, 15) is 8.42 Å². The van der Waals surface area contributed by atoms with E-state index in [2.05, 4.69) is 5.43 Å². The van der Waals surface area contributed by atoms with Crippen molar-refractivity contribution in [1.82, 2.24) is 4.31 Å². The lowest BCUT2D eigenvalue weighted by atomic mass is 10.3. The van der Waals surface area contributed by atoms with Gasteiger partial charge in [0.1, 0.15) is 0 Å². The number of nitrogens with zero attached hydrogens (tertiary/aromatic N) is 1. The lowest BCUT2D eigenvalue weighted by Gasteiger charge is -2.20. The molecule has 0 spiro atoms. The van der Waals surface area contributed by atoms with E-state index in [0.717, 1.165) is 12.8 Å². The molecule has 5 nitrogen and oxygen atoms in total. The van der Waals surface area contributed by atoms with Gasteiger partial charge in [-0.15, -0.1) is 0 Å². The fourth-order valence-corrected chi connectivity index (χ4v) is 3.54. The zero-order valence-electron chi connectivity index (χ0n) is 9.76.